The lowest BCUT2D eigenvalue weighted by Gasteiger charge is -2.12. The van der Waals surface area contributed by atoms with E-state index in [0.717, 1.165) is 11.3 Å². The van der Waals surface area contributed by atoms with Gasteiger partial charge >= 0.3 is 0 Å². The summed E-state index contributed by atoms with van der Waals surface area (Å²) in [7, 11) is 1.63. The predicted octanol–water partition coefficient (Wildman–Crippen LogP) is 1.66. The summed E-state index contributed by atoms with van der Waals surface area (Å²) in [5, 5.41) is 8.91. The SMILES string of the molecule is CCNC(=NCc1ccccc1OC)NCC(=O)NCc1ccco1. The Morgan fingerprint density at radius 3 is 2.72 bits per heavy atom. The maximum Gasteiger partial charge on any atom is 0.239 e. The zero-order valence-corrected chi connectivity index (χ0v) is 14.5. The minimum atomic E-state index is -0.140. The average molecular weight is 344 g/mol. The number of guanidine groups is 1. The van der Waals surface area contributed by atoms with E-state index in [4.69, 9.17) is 9.15 Å². The monoisotopic (exact) mass is 344 g/mol. The molecule has 0 aliphatic carbocycles. The van der Waals surface area contributed by atoms with E-state index >= 15 is 0 Å². The number of nitrogens with one attached hydrogen (secondary N) is 3. The number of aliphatic imine (C=N–C) groups is 1. The van der Waals surface area contributed by atoms with Crippen LogP contribution in [0.1, 0.15) is 18.2 Å². The van der Waals surface area contributed by atoms with Crippen molar-refractivity contribution in [3.8, 4) is 5.75 Å². The largest absolute Gasteiger partial charge is 0.496 e. The van der Waals surface area contributed by atoms with Crippen LogP contribution in [0.4, 0.5) is 0 Å². The number of methoxy groups -OCH3 is 1. The van der Waals surface area contributed by atoms with Crippen molar-refractivity contribution in [3.63, 3.8) is 0 Å². The second kappa shape index (κ2) is 10.0. The summed E-state index contributed by atoms with van der Waals surface area (Å²) in [4.78, 5) is 16.4. The Morgan fingerprint density at radius 2 is 2.00 bits per heavy atom. The Bertz CT molecular complexity index is 683. The number of nitrogens with zero attached hydrogens (tertiary/aromatic N) is 1. The van der Waals surface area contributed by atoms with Gasteiger partial charge in [0, 0.05) is 12.1 Å². The summed E-state index contributed by atoms with van der Waals surface area (Å²) in [6.45, 7) is 3.61. The molecule has 1 heterocycles. The highest BCUT2D eigenvalue weighted by atomic mass is 16.5. The van der Waals surface area contributed by atoms with Gasteiger partial charge in [0.1, 0.15) is 11.5 Å². The fourth-order valence-corrected chi connectivity index (χ4v) is 2.16. The summed E-state index contributed by atoms with van der Waals surface area (Å²) < 4.78 is 10.5. The summed E-state index contributed by atoms with van der Waals surface area (Å²) in [6, 6.07) is 11.3. The highest BCUT2D eigenvalue weighted by Gasteiger charge is 2.06. The predicted molar refractivity (Wildman–Crippen MR) is 96.4 cm³/mol. The van der Waals surface area contributed by atoms with Crippen LogP contribution in [0.5, 0.6) is 5.75 Å². The van der Waals surface area contributed by atoms with E-state index in [1.807, 2.05) is 37.3 Å². The van der Waals surface area contributed by atoms with E-state index < -0.39 is 0 Å². The number of hydrogen-bond donors (Lipinski definition) is 3. The number of benzene rings is 1. The fraction of sp³-hybridized carbons (Fsp3) is 0.333. The number of hydrogen-bond acceptors (Lipinski definition) is 4. The lowest BCUT2D eigenvalue weighted by atomic mass is 10.2. The first-order valence-electron chi connectivity index (χ1n) is 8.16. The fourth-order valence-electron chi connectivity index (χ4n) is 2.16. The zero-order valence-electron chi connectivity index (χ0n) is 14.5. The van der Waals surface area contributed by atoms with Crippen LogP contribution in [0.3, 0.4) is 0 Å². The zero-order chi connectivity index (χ0) is 17.9. The molecule has 134 valence electrons. The molecule has 0 saturated carbocycles. The molecule has 1 aromatic heterocycles. The van der Waals surface area contributed by atoms with E-state index in [2.05, 4.69) is 20.9 Å². The first-order chi connectivity index (χ1) is 12.2. The lowest BCUT2D eigenvalue weighted by Crippen LogP contribution is -2.43. The first-order valence-corrected chi connectivity index (χ1v) is 8.16. The van der Waals surface area contributed by atoms with Crippen LogP contribution >= 0.6 is 0 Å². The Morgan fingerprint density at radius 1 is 1.16 bits per heavy atom. The standard InChI is InChI=1S/C18H24N4O3/c1-3-19-18(21-11-14-7-4-5-9-16(14)24-2)22-13-17(23)20-12-15-8-6-10-25-15/h4-10H,3,11-13H2,1-2H3,(H,20,23)(H2,19,21,22). The molecule has 2 aromatic rings. The molecule has 0 aliphatic heterocycles. The number of rotatable bonds is 8. The molecule has 25 heavy (non-hydrogen) atoms. The third-order valence-electron chi connectivity index (χ3n) is 3.40. The van der Waals surface area contributed by atoms with E-state index in [1.165, 1.54) is 0 Å². The minimum absolute atomic E-state index is 0.123. The van der Waals surface area contributed by atoms with Gasteiger partial charge in [0.05, 0.1) is 33.0 Å². The van der Waals surface area contributed by atoms with Gasteiger partial charge in [-0.2, -0.15) is 0 Å². The topological polar surface area (TPSA) is 87.9 Å². The number of carbonyl (C=O) groups excluding carboxylic acids is 1. The molecule has 0 atom stereocenters. The van der Waals surface area contributed by atoms with Gasteiger partial charge in [-0.05, 0) is 25.1 Å². The van der Waals surface area contributed by atoms with Crippen molar-refractivity contribution in [1.29, 1.82) is 0 Å². The molecular formula is C18H24N4O3. The van der Waals surface area contributed by atoms with Crippen LogP contribution in [0.2, 0.25) is 0 Å². The molecule has 0 radical (unpaired) electrons. The Balaban J connectivity index is 1.85. The van der Waals surface area contributed by atoms with Crippen molar-refractivity contribution in [2.75, 3.05) is 20.2 Å². The van der Waals surface area contributed by atoms with E-state index in [9.17, 15) is 4.79 Å². The molecule has 1 aromatic carbocycles. The van der Waals surface area contributed by atoms with Crippen molar-refractivity contribution in [2.45, 2.75) is 20.0 Å². The van der Waals surface area contributed by atoms with E-state index in [0.29, 0.717) is 31.4 Å². The van der Waals surface area contributed by atoms with Crippen LogP contribution < -0.4 is 20.7 Å². The second-order valence-electron chi connectivity index (χ2n) is 5.22. The molecule has 2 rings (SSSR count). The van der Waals surface area contributed by atoms with Crippen molar-refractivity contribution in [2.24, 2.45) is 4.99 Å². The number of para-hydroxylation sites is 1. The number of amides is 1. The summed E-state index contributed by atoms with van der Waals surface area (Å²) in [6.07, 6.45) is 1.58. The van der Waals surface area contributed by atoms with Crippen molar-refractivity contribution >= 4 is 11.9 Å². The van der Waals surface area contributed by atoms with Gasteiger partial charge in [-0.1, -0.05) is 18.2 Å². The molecule has 0 unspecified atom stereocenters. The molecule has 0 bridgehead atoms. The minimum Gasteiger partial charge on any atom is -0.496 e. The van der Waals surface area contributed by atoms with Crippen LogP contribution in [0.15, 0.2) is 52.1 Å². The Hall–Kier alpha value is -2.96. The van der Waals surface area contributed by atoms with Gasteiger partial charge < -0.3 is 25.1 Å². The molecule has 0 fully saturated rings. The van der Waals surface area contributed by atoms with Crippen LogP contribution in [-0.4, -0.2) is 32.1 Å². The van der Waals surface area contributed by atoms with E-state index in [-0.39, 0.29) is 12.5 Å². The van der Waals surface area contributed by atoms with Crippen LogP contribution in [0.25, 0.3) is 0 Å². The molecule has 0 saturated heterocycles. The van der Waals surface area contributed by atoms with Crippen molar-refractivity contribution < 1.29 is 13.9 Å². The average Bonchev–Trinajstić information content (AvgIpc) is 3.16. The van der Waals surface area contributed by atoms with Crippen LogP contribution in [-0.2, 0) is 17.9 Å². The molecule has 3 N–H and O–H groups in total. The van der Waals surface area contributed by atoms with Gasteiger partial charge in [0.25, 0.3) is 0 Å². The maximum absolute atomic E-state index is 11.9. The molecule has 0 spiro atoms. The number of ether oxygens (including phenoxy) is 1. The number of furan rings is 1. The number of carbonyl (C=O) groups is 1. The van der Waals surface area contributed by atoms with Gasteiger partial charge in [0.15, 0.2) is 5.96 Å². The van der Waals surface area contributed by atoms with Gasteiger partial charge in [0.2, 0.25) is 5.91 Å². The van der Waals surface area contributed by atoms with Crippen LogP contribution in [0, 0.1) is 0 Å². The Kier molecular flexibility index (Phi) is 7.37. The lowest BCUT2D eigenvalue weighted by molar-refractivity contribution is -0.120. The highest BCUT2D eigenvalue weighted by Crippen LogP contribution is 2.17. The summed E-state index contributed by atoms with van der Waals surface area (Å²) in [5.74, 6) is 1.93. The molecule has 0 aliphatic rings. The van der Waals surface area contributed by atoms with Gasteiger partial charge in [-0.15, -0.1) is 0 Å². The normalized spacial score (nSPS) is 11.0. The third kappa shape index (κ3) is 6.21. The highest BCUT2D eigenvalue weighted by molar-refractivity contribution is 5.86. The van der Waals surface area contributed by atoms with Crippen molar-refractivity contribution in [3.05, 3.63) is 54.0 Å². The van der Waals surface area contributed by atoms with Gasteiger partial charge in [-0.25, -0.2) is 4.99 Å². The molecule has 7 heteroatoms. The molecule has 1 amide bonds. The summed E-state index contributed by atoms with van der Waals surface area (Å²) >= 11 is 0. The van der Waals surface area contributed by atoms with Crippen molar-refractivity contribution in [1.82, 2.24) is 16.0 Å². The second-order valence-corrected chi connectivity index (χ2v) is 5.22. The summed E-state index contributed by atoms with van der Waals surface area (Å²) in [5.41, 5.74) is 0.976. The first kappa shape index (κ1) is 18.4. The van der Waals surface area contributed by atoms with Gasteiger partial charge in [-0.3, -0.25) is 4.79 Å². The van der Waals surface area contributed by atoms with E-state index in [1.54, 1.807) is 19.4 Å². The molecular weight excluding hydrogens is 320 g/mol. The third-order valence-corrected chi connectivity index (χ3v) is 3.40. The Labute approximate surface area is 147 Å². The quantitative estimate of drug-likeness (QED) is 0.501. The molecule has 7 nitrogen and oxygen atoms in total. The maximum atomic E-state index is 11.9. The smallest absolute Gasteiger partial charge is 0.239 e.